The van der Waals surface area contributed by atoms with Gasteiger partial charge in [-0.05, 0) is 36.1 Å². The number of carbonyl (C=O) groups is 3. The van der Waals surface area contributed by atoms with E-state index in [0.717, 1.165) is 22.5 Å². The number of thiazole rings is 1. The van der Waals surface area contributed by atoms with E-state index < -0.39 is 0 Å². The van der Waals surface area contributed by atoms with Gasteiger partial charge in [-0.3, -0.25) is 14.4 Å². The van der Waals surface area contributed by atoms with Crippen molar-refractivity contribution in [2.75, 3.05) is 18.4 Å². The fourth-order valence-corrected chi connectivity index (χ4v) is 4.33. The topological polar surface area (TPSA) is 165 Å². The standard InChI is InChI=1S/C25H29N7O3S.ClH/c1-16(33)30-25-32-20(12-9-17-7-10-19(11-8-17)31-24(26)27)22(36-25)23(35)29-14-13-28-21(34)15-18-5-3-2-4-6-18;/h2-8,10-11H,9,12-15H2,1H3,(H,28,34)(H,29,35)(H4,26,27,31)(H,30,32,33);1H. The number of anilines is 1. The van der Waals surface area contributed by atoms with Crippen LogP contribution in [-0.2, 0) is 28.9 Å². The Balaban J connectivity index is 0.00000481. The van der Waals surface area contributed by atoms with Crippen LogP contribution in [0.1, 0.15) is 33.4 Å². The number of hydrogen-bond donors (Lipinski definition) is 5. The summed E-state index contributed by atoms with van der Waals surface area (Å²) in [5, 5.41) is 8.62. The van der Waals surface area contributed by atoms with Crippen molar-refractivity contribution in [3.8, 4) is 0 Å². The molecular weight excluding hydrogens is 514 g/mol. The average Bonchev–Trinajstić information content (AvgIpc) is 3.23. The van der Waals surface area contributed by atoms with Crippen LogP contribution in [0.2, 0.25) is 0 Å². The van der Waals surface area contributed by atoms with Gasteiger partial charge in [0, 0.05) is 20.0 Å². The number of aliphatic imine (C=N–C) groups is 1. The van der Waals surface area contributed by atoms with Crippen molar-refractivity contribution in [1.82, 2.24) is 15.6 Å². The number of hydrogen-bond acceptors (Lipinski definition) is 6. The van der Waals surface area contributed by atoms with Crippen LogP contribution in [0, 0.1) is 0 Å². The predicted octanol–water partition coefficient (Wildman–Crippen LogP) is 2.30. The molecular formula is C25H30ClN7O3S. The summed E-state index contributed by atoms with van der Waals surface area (Å²) in [5.74, 6) is -0.701. The Morgan fingerprint density at radius 1 is 0.919 bits per heavy atom. The fourth-order valence-electron chi connectivity index (χ4n) is 3.35. The Hall–Kier alpha value is -3.96. The van der Waals surface area contributed by atoms with Crippen molar-refractivity contribution in [3.05, 3.63) is 76.3 Å². The van der Waals surface area contributed by atoms with E-state index in [9.17, 15) is 14.4 Å². The molecule has 0 atom stereocenters. The van der Waals surface area contributed by atoms with Gasteiger partial charge in [0.15, 0.2) is 11.1 Å². The van der Waals surface area contributed by atoms with E-state index in [2.05, 4.69) is 25.9 Å². The van der Waals surface area contributed by atoms with Crippen LogP contribution in [-0.4, -0.2) is 41.8 Å². The van der Waals surface area contributed by atoms with Crippen molar-refractivity contribution in [3.63, 3.8) is 0 Å². The first-order chi connectivity index (χ1) is 17.3. The van der Waals surface area contributed by atoms with Crippen LogP contribution in [0.4, 0.5) is 10.8 Å². The molecule has 0 aliphatic rings. The summed E-state index contributed by atoms with van der Waals surface area (Å²) in [4.78, 5) is 45.3. The van der Waals surface area contributed by atoms with Gasteiger partial charge >= 0.3 is 0 Å². The van der Waals surface area contributed by atoms with E-state index in [0.29, 0.717) is 40.8 Å². The molecule has 2 aromatic carbocycles. The molecule has 0 aliphatic carbocycles. The van der Waals surface area contributed by atoms with Crippen LogP contribution >= 0.6 is 23.7 Å². The third kappa shape index (κ3) is 9.90. The first-order valence-electron chi connectivity index (χ1n) is 11.3. The number of halogens is 1. The molecule has 37 heavy (non-hydrogen) atoms. The predicted molar refractivity (Wildman–Crippen MR) is 148 cm³/mol. The molecule has 1 heterocycles. The molecule has 3 amide bonds. The number of nitrogens with two attached hydrogens (primary N) is 2. The molecule has 0 aliphatic heterocycles. The normalized spacial score (nSPS) is 10.1. The van der Waals surface area contributed by atoms with E-state index >= 15 is 0 Å². The number of aromatic nitrogens is 1. The van der Waals surface area contributed by atoms with Crippen molar-refractivity contribution in [2.45, 2.75) is 26.2 Å². The zero-order valence-corrected chi connectivity index (χ0v) is 22.0. The molecule has 0 saturated heterocycles. The summed E-state index contributed by atoms with van der Waals surface area (Å²) in [6.45, 7) is 1.95. The molecule has 10 nitrogen and oxygen atoms in total. The Morgan fingerprint density at radius 3 is 2.24 bits per heavy atom. The van der Waals surface area contributed by atoms with Crippen molar-refractivity contribution in [1.29, 1.82) is 0 Å². The number of aryl methyl sites for hydroxylation is 2. The largest absolute Gasteiger partial charge is 0.370 e. The van der Waals surface area contributed by atoms with Crippen LogP contribution in [0.3, 0.4) is 0 Å². The summed E-state index contributed by atoms with van der Waals surface area (Å²) in [5.41, 5.74) is 14.0. The van der Waals surface area contributed by atoms with Gasteiger partial charge in [0.05, 0.1) is 17.8 Å². The number of nitrogens with zero attached hydrogens (tertiary/aromatic N) is 2. The molecule has 0 unspecified atom stereocenters. The number of carbonyl (C=O) groups excluding carboxylic acids is 3. The van der Waals surface area contributed by atoms with Crippen molar-refractivity contribution in [2.24, 2.45) is 16.5 Å². The number of rotatable bonds is 11. The number of guanidine groups is 1. The zero-order valence-electron chi connectivity index (χ0n) is 20.3. The van der Waals surface area contributed by atoms with E-state index in [1.807, 2.05) is 42.5 Å². The first kappa shape index (κ1) is 29.3. The van der Waals surface area contributed by atoms with Crippen LogP contribution in [0.15, 0.2) is 59.6 Å². The number of benzene rings is 2. The molecule has 7 N–H and O–H groups in total. The SMILES string of the molecule is CC(=O)Nc1nc(CCc2ccc(N=C(N)N)cc2)c(C(=O)NCCNC(=O)Cc2ccccc2)s1.Cl. The Morgan fingerprint density at radius 2 is 1.59 bits per heavy atom. The summed E-state index contributed by atoms with van der Waals surface area (Å²) in [7, 11) is 0. The summed E-state index contributed by atoms with van der Waals surface area (Å²) in [6.07, 6.45) is 1.40. The average molecular weight is 544 g/mol. The monoisotopic (exact) mass is 543 g/mol. The van der Waals surface area contributed by atoms with E-state index in [1.54, 1.807) is 12.1 Å². The van der Waals surface area contributed by atoms with Crippen molar-refractivity contribution < 1.29 is 14.4 Å². The third-order valence-electron chi connectivity index (χ3n) is 4.97. The maximum absolute atomic E-state index is 12.9. The number of nitrogens with one attached hydrogen (secondary N) is 3. The van der Waals surface area contributed by atoms with Crippen LogP contribution < -0.4 is 27.4 Å². The molecule has 0 fully saturated rings. The Kier molecular flexibility index (Phi) is 11.5. The van der Waals surface area contributed by atoms with Gasteiger partial charge < -0.3 is 27.4 Å². The van der Waals surface area contributed by atoms with E-state index in [1.165, 1.54) is 6.92 Å². The second-order valence-electron chi connectivity index (χ2n) is 7.95. The molecule has 0 spiro atoms. The molecule has 3 rings (SSSR count). The van der Waals surface area contributed by atoms with Gasteiger partial charge in [-0.2, -0.15) is 0 Å². The van der Waals surface area contributed by atoms with Crippen LogP contribution in [0.25, 0.3) is 0 Å². The maximum Gasteiger partial charge on any atom is 0.263 e. The molecule has 12 heteroatoms. The number of amides is 3. The Bertz CT molecular complexity index is 1230. The molecule has 0 bridgehead atoms. The van der Waals surface area contributed by atoms with Gasteiger partial charge in [-0.25, -0.2) is 9.98 Å². The third-order valence-corrected chi connectivity index (χ3v) is 5.98. The quantitative estimate of drug-likeness (QED) is 0.141. The Labute approximate surface area is 225 Å². The fraction of sp³-hybridized carbons (Fsp3) is 0.240. The van der Waals surface area contributed by atoms with Crippen molar-refractivity contribution >= 4 is 58.2 Å². The minimum Gasteiger partial charge on any atom is -0.370 e. The minimum absolute atomic E-state index is 0. The lowest BCUT2D eigenvalue weighted by molar-refractivity contribution is -0.120. The van der Waals surface area contributed by atoms with Crippen LogP contribution in [0.5, 0.6) is 0 Å². The lowest BCUT2D eigenvalue weighted by Crippen LogP contribution is -2.35. The van der Waals surface area contributed by atoms with Gasteiger partial charge in [0.1, 0.15) is 4.88 Å². The van der Waals surface area contributed by atoms with E-state index in [-0.39, 0.29) is 49.1 Å². The summed E-state index contributed by atoms with van der Waals surface area (Å²) in [6, 6.07) is 16.8. The molecule has 0 saturated carbocycles. The molecule has 3 aromatic rings. The summed E-state index contributed by atoms with van der Waals surface area (Å²) < 4.78 is 0. The van der Waals surface area contributed by atoms with Gasteiger partial charge in [-0.1, -0.05) is 53.8 Å². The zero-order chi connectivity index (χ0) is 25.9. The highest BCUT2D eigenvalue weighted by Crippen LogP contribution is 2.25. The lowest BCUT2D eigenvalue weighted by atomic mass is 10.1. The van der Waals surface area contributed by atoms with Gasteiger partial charge in [-0.15, -0.1) is 12.4 Å². The van der Waals surface area contributed by atoms with E-state index in [4.69, 9.17) is 11.5 Å². The highest BCUT2D eigenvalue weighted by Gasteiger charge is 2.18. The molecule has 1 aromatic heterocycles. The van der Waals surface area contributed by atoms with Gasteiger partial charge in [0.25, 0.3) is 5.91 Å². The minimum atomic E-state index is -0.306. The second-order valence-corrected chi connectivity index (χ2v) is 8.95. The highest BCUT2D eigenvalue weighted by molar-refractivity contribution is 7.17. The summed E-state index contributed by atoms with van der Waals surface area (Å²) >= 11 is 1.12. The maximum atomic E-state index is 12.9. The molecule has 0 radical (unpaired) electrons. The lowest BCUT2D eigenvalue weighted by Gasteiger charge is -2.08. The highest BCUT2D eigenvalue weighted by atomic mass is 35.5. The first-order valence-corrected chi connectivity index (χ1v) is 12.2. The molecule has 196 valence electrons. The second kappa shape index (κ2) is 14.6. The van der Waals surface area contributed by atoms with Gasteiger partial charge in [0.2, 0.25) is 11.8 Å². The smallest absolute Gasteiger partial charge is 0.263 e.